The Kier molecular flexibility index (Phi) is 3.99. The number of rotatable bonds is 2. The molecule has 0 saturated carbocycles. The SMILES string of the molecule is O=C(c1ccc2c(c1)C(=O)NCC2)c1cc(Cl)ccc1I. The number of carbonyl (C=O) groups excluding carboxylic acids is 2. The van der Waals surface area contributed by atoms with Gasteiger partial charge in [0, 0.05) is 31.8 Å². The third-order valence-electron chi connectivity index (χ3n) is 3.47. The molecule has 1 amide bonds. The van der Waals surface area contributed by atoms with E-state index in [1.807, 2.05) is 6.07 Å². The Hall–Kier alpha value is -1.40. The Bertz CT molecular complexity index is 758. The van der Waals surface area contributed by atoms with Gasteiger partial charge in [-0.25, -0.2) is 0 Å². The Morgan fingerprint density at radius 1 is 1.19 bits per heavy atom. The van der Waals surface area contributed by atoms with E-state index in [1.165, 1.54) is 0 Å². The van der Waals surface area contributed by atoms with Crippen LogP contribution in [0.3, 0.4) is 0 Å². The van der Waals surface area contributed by atoms with E-state index in [0.29, 0.717) is 28.3 Å². The number of ketones is 1. The third kappa shape index (κ3) is 2.82. The van der Waals surface area contributed by atoms with E-state index >= 15 is 0 Å². The quantitative estimate of drug-likeness (QED) is 0.608. The largest absolute Gasteiger partial charge is 0.352 e. The number of halogens is 2. The Morgan fingerprint density at radius 3 is 2.81 bits per heavy atom. The van der Waals surface area contributed by atoms with Crippen molar-refractivity contribution in [3.05, 3.63) is 67.2 Å². The summed E-state index contributed by atoms with van der Waals surface area (Å²) < 4.78 is 0.837. The number of hydrogen-bond donors (Lipinski definition) is 1. The lowest BCUT2D eigenvalue weighted by Crippen LogP contribution is -2.32. The number of nitrogens with one attached hydrogen (secondary N) is 1. The molecule has 0 aromatic heterocycles. The van der Waals surface area contributed by atoms with Crippen molar-refractivity contribution in [2.75, 3.05) is 6.54 Å². The number of carbonyl (C=O) groups is 2. The smallest absolute Gasteiger partial charge is 0.251 e. The van der Waals surface area contributed by atoms with E-state index in [4.69, 9.17) is 11.6 Å². The van der Waals surface area contributed by atoms with Gasteiger partial charge in [-0.1, -0.05) is 23.7 Å². The molecule has 1 aliphatic heterocycles. The van der Waals surface area contributed by atoms with E-state index in [1.54, 1.807) is 30.3 Å². The molecule has 2 aromatic rings. The first-order valence-electron chi connectivity index (χ1n) is 6.47. The van der Waals surface area contributed by atoms with Gasteiger partial charge in [-0.3, -0.25) is 9.59 Å². The van der Waals surface area contributed by atoms with Crippen LogP contribution in [0.25, 0.3) is 0 Å². The van der Waals surface area contributed by atoms with Crippen molar-refractivity contribution in [2.45, 2.75) is 6.42 Å². The summed E-state index contributed by atoms with van der Waals surface area (Å²) in [5.74, 6) is -0.241. The van der Waals surface area contributed by atoms with Gasteiger partial charge in [-0.05, 0) is 58.8 Å². The fourth-order valence-corrected chi connectivity index (χ4v) is 3.13. The van der Waals surface area contributed by atoms with Gasteiger partial charge in [0.05, 0.1) is 0 Å². The molecule has 0 radical (unpaired) electrons. The predicted molar refractivity (Wildman–Crippen MR) is 90.1 cm³/mol. The highest BCUT2D eigenvalue weighted by Crippen LogP contribution is 2.23. The third-order valence-corrected chi connectivity index (χ3v) is 4.65. The second-order valence-corrected chi connectivity index (χ2v) is 6.43. The monoisotopic (exact) mass is 411 g/mol. The predicted octanol–water partition coefficient (Wildman–Crippen LogP) is 3.46. The van der Waals surface area contributed by atoms with Gasteiger partial charge in [0.2, 0.25) is 0 Å². The van der Waals surface area contributed by atoms with Crippen LogP contribution < -0.4 is 5.32 Å². The Balaban J connectivity index is 2.04. The fourth-order valence-electron chi connectivity index (χ4n) is 2.38. The normalized spacial score (nSPS) is 13.5. The van der Waals surface area contributed by atoms with Gasteiger partial charge in [0.25, 0.3) is 5.91 Å². The Morgan fingerprint density at radius 2 is 2.00 bits per heavy atom. The molecule has 0 saturated heterocycles. The zero-order chi connectivity index (χ0) is 15.0. The van der Waals surface area contributed by atoms with Crippen molar-refractivity contribution in [2.24, 2.45) is 0 Å². The number of benzene rings is 2. The van der Waals surface area contributed by atoms with Crippen LogP contribution in [0.2, 0.25) is 5.02 Å². The first-order chi connectivity index (χ1) is 10.1. The topological polar surface area (TPSA) is 46.2 Å². The zero-order valence-electron chi connectivity index (χ0n) is 11.0. The molecule has 3 rings (SSSR count). The molecular weight excluding hydrogens is 401 g/mol. The lowest BCUT2D eigenvalue weighted by atomic mass is 9.94. The van der Waals surface area contributed by atoms with Gasteiger partial charge in [-0.2, -0.15) is 0 Å². The molecule has 0 aliphatic carbocycles. The maximum absolute atomic E-state index is 12.6. The van der Waals surface area contributed by atoms with Crippen molar-refractivity contribution >= 4 is 45.9 Å². The number of amides is 1. The molecule has 0 unspecified atom stereocenters. The van der Waals surface area contributed by atoms with Crippen molar-refractivity contribution in [1.29, 1.82) is 0 Å². The summed E-state index contributed by atoms with van der Waals surface area (Å²) >= 11 is 8.07. The van der Waals surface area contributed by atoms with E-state index in [0.717, 1.165) is 15.6 Å². The molecule has 0 spiro atoms. The van der Waals surface area contributed by atoms with E-state index in [-0.39, 0.29) is 11.7 Å². The molecule has 1 N–H and O–H groups in total. The van der Waals surface area contributed by atoms with E-state index < -0.39 is 0 Å². The van der Waals surface area contributed by atoms with Crippen LogP contribution in [0.5, 0.6) is 0 Å². The van der Waals surface area contributed by atoms with Crippen LogP contribution in [0.1, 0.15) is 31.8 Å². The lowest BCUT2D eigenvalue weighted by molar-refractivity contribution is 0.0946. The minimum atomic E-state index is -0.122. The van der Waals surface area contributed by atoms with Crippen molar-refractivity contribution in [3.63, 3.8) is 0 Å². The van der Waals surface area contributed by atoms with Gasteiger partial charge in [0.1, 0.15) is 0 Å². The summed E-state index contributed by atoms with van der Waals surface area (Å²) in [4.78, 5) is 24.5. The van der Waals surface area contributed by atoms with Crippen LogP contribution in [0.15, 0.2) is 36.4 Å². The summed E-state index contributed by atoms with van der Waals surface area (Å²) in [6, 6.07) is 10.5. The molecule has 1 aliphatic rings. The summed E-state index contributed by atoms with van der Waals surface area (Å²) in [7, 11) is 0. The minimum Gasteiger partial charge on any atom is -0.352 e. The highest BCUT2D eigenvalue weighted by atomic mass is 127. The van der Waals surface area contributed by atoms with Crippen LogP contribution in [0, 0.1) is 3.57 Å². The lowest BCUT2D eigenvalue weighted by Gasteiger charge is -2.17. The second-order valence-electron chi connectivity index (χ2n) is 4.83. The first kappa shape index (κ1) is 14.5. The van der Waals surface area contributed by atoms with Crippen molar-refractivity contribution in [3.8, 4) is 0 Å². The van der Waals surface area contributed by atoms with Gasteiger partial charge >= 0.3 is 0 Å². The van der Waals surface area contributed by atoms with Crippen molar-refractivity contribution in [1.82, 2.24) is 5.32 Å². The number of hydrogen-bond acceptors (Lipinski definition) is 2. The average molecular weight is 412 g/mol. The molecular formula is C16H11ClINO2. The highest BCUT2D eigenvalue weighted by molar-refractivity contribution is 14.1. The summed E-state index contributed by atoms with van der Waals surface area (Å²) in [5.41, 5.74) is 2.63. The summed E-state index contributed by atoms with van der Waals surface area (Å²) in [6.07, 6.45) is 0.796. The minimum absolute atomic E-state index is 0.119. The molecule has 0 fully saturated rings. The van der Waals surface area contributed by atoms with Crippen LogP contribution in [-0.2, 0) is 6.42 Å². The van der Waals surface area contributed by atoms with Crippen LogP contribution in [0.4, 0.5) is 0 Å². The van der Waals surface area contributed by atoms with Crippen LogP contribution >= 0.6 is 34.2 Å². The maximum Gasteiger partial charge on any atom is 0.251 e. The molecule has 0 bridgehead atoms. The molecule has 3 nitrogen and oxygen atoms in total. The van der Waals surface area contributed by atoms with Crippen LogP contribution in [-0.4, -0.2) is 18.2 Å². The first-order valence-corrected chi connectivity index (χ1v) is 7.93. The van der Waals surface area contributed by atoms with E-state index in [9.17, 15) is 9.59 Å². The Labute approximate surface area is 140 Å². The summed E-state index contributed by atoms with van der Waals surface area (Å²) in [5, 5.41) is 3.31. The zero-order valence-corrected chi connectivity index (χ0v) is 13.9. The molecule has 1 heterocycles. The molecule has 0 atom stereocenters. The standard InChI is InChI=1S/C16H11ClINO2/c17-11-3-4-14(18)13(8-11)15(20)10-2-1-9-5-6-19-16(21)12(9)7-10/h1-4,7-8H,5-6H2,(H,19,21). The van der Waals surface area contributed by atoms with E-state index in [2.05, 4.69) is 27.9 Å². The second kappa shape index (κ2) is 5.77. The molecule has 106 valence electrons. The highest BCUT2D eigenvalue weighted by Gasteiger charge is 2.20. The van der Waals surface area contributed by atoms with Gasteiger partial charge in [-0.15, -0.1) is 0 Å². The van der Waals surface area contributed by atoms with Gasteiger partial charge in [0.15, 0.2) is 5.78 Å². The maximum atomic E-state index is 12.6. The molecule has 21 heavy (non-hydrogen) atoms. The van der Waals surface area contributed by atoms with Crippen molar-refractivity contribution < 1.29 is 9.59 Å². The fraction of sp³-hybridized carbons (Fsp3) is 0.125. The molecule has 2 aromatic carbocycles. The average Bonchev–Trinajstić information content (AvgIpc) is 2.49. The molecule has 5 heteroatoms. The van der Waals surface area contributed by atoms with Gasteiger partial charge < -0.3 is 5.32 Å². The summed E-state index contributed by atoms with van der Waals surface area (Å²) in [6.45, 7) is 0.644. The number of fused-ring (bicyclic) bond motifs is 1.